The molecule has 0 saturated carbocycles. The number of benzene rings is 5. The van der Waals surface area contributed by atoms with Crippen LogP contribution >= 0.6 is 0 Å². The van der Waals surface area contributed by atoms with E-state index in [0.29, 0.717) is 24.5 Å². The summed E-state index contributed by atoms with van der Waals surface area (Å²) in [5.41, 5.74) is 10.6. The molecule has 0 spiro atoms. The summed E-state index contributed by atoms with van der Waals surface area (Å²) in [5, 5.41) is 11.3. The molecule has 0 radical (unpaired) electrons. The second-order valence-corrected chi connectivity index (χ2v) is 13.8. The zero-order valence-electron chi connectivity index (χ0n) is 31.4. The molecule has 9 rings (SSSR count). The van der Waals surface area contributed by atoms with E-state index in [1.165, 1.54) is 11.1 Å². The van der Waals surface area contributed by atoms with Crippen LogP contribution in [0.5, 0.6) is 0 Å². The molecule has 0 bridgehead atoms. The number of aryl methyl sites for hydroxylation is 2. The molecule has 0 saturated heterocycles. The zero-order chi connectivity index (χ0) is 38.3. The van der Waals surface area contributed by atoms with E-state index >= 15 is 0 Å². The standard InChI is InChI=1S/C20H19NO2.C18H13NO3.C9H12O/c1-13-6-5-8-15(10-13)14(2)23-20-19-17(12-22-20)11-16-7-3-4-9-18(16)21-19;20-17(12-6-2-1-3-7-12)22-18-16-14(11-21-18)10-13-8-4-5-9-15(13)19-16;1-7-4-3-5-9(6-7)8(2)10/h3-11,14,20H,12H2,1-2H3;1-10,18H,11H2;3-6,8,10H,1-2H3. The maximum Gasteiger partial charge on any atom is 0.340 e. The minimum atomic E-state index is -0.743. The maximum atomic E-state index is 12.1. The number of nitrogens with zero attached hydrogens (tertiary/aromatic N) is 2. The molecule has 4 atom stereocenters. The van der Waals surface area contributed by atoms with Gasteiger partial charge in [0, 0.05) is 21.9 Å². The number of para-hydroxylation sites is 2. The number of aliphatic hydroxyl groups is 1. The van der Waals surface area contributed by atoms with Gasteiger partial charge in [0.05, 0.1) is 42.0 Å². The molecule has 278 valence electrons. The molecule has 4 unspecified atom stereocenters. The van der Waals surface area contributed by atoms with Gasteiger partial charge in [-0.05, 0) is 75.2 Å². The van der Waals surface area contributed by atoms with Crippen LogP contribution in [0.1, 0.15) is 93.8 Å². The van der Waals surface area contributed by atoms with Crippen LogP contribution < -0.4 is 0 Å². The van der Waals surface area contributed by atoms with Crippen molar-refractivity contribution in [1.29, 1.82) is 0 Å². The molecule has 4 heterocycles. The highest BCUT2D eigenvalue weighted by Crippen LogP contribution is 2.36. The summed E-state index contributed by atoms with van der Waals surface area (Å²) < 4.78 is 23.0. The van der Waals surface area contributed by atoms with E-state index in [1.54, 1.807) is 31.2 Å². The second kappa shape index (κ2) is 17.1. The fraction of sp³-hybridized carbons (Fsp3) is 0.213. The van der Waals surface area contributed by atoms with Crippen LogP contribution in [0.2, 0.25) is 0 Å². The number of aromatic nitrogens is 2. The van der Waals surface area contributed by atoms with Crippen molar-refractivity contribution in [3.63, 3.8) is 0 Å². The third kappa shape index (κ3) is 9.13. The maximum absolute atomic E-state index is 12.1. The third-order valence-corrected chi connectivity index (χ3v) is 9.49. The van der Waals surface area contributed by atoms with Gasteiger partial charge in [-0.25, -0.2) is 14.8 Å². The summed E-state index contributed by atoms with van der Waals surface area (Å²) in [7, 11) is 0. The van der Waals surface area contributed by atoms with Crippen molar-refractivity contribution in [3.8, 4) is 0 Å². The Morgan fingerprint density at radius 3 is 1.71 bits per heavy atom. The van der Waals surface area contributed by atoms with Gasteiger partial charge < -0.3 is 24.1 Å². The lowest BCUT2D eigenvalue weighted by Gasteiger charge is -2.19. The van der Waals surface area contributed by atoms with E-state index in [1.807, 2.05) is 85.8 Å². The van der Waals surface area contributed by atoms with Crippen molar-refractivity contribution < 1.29 is 28.8 Å². The number of fused-ring (bicyclic) bond motifs is 4. The first-order chi connectivity index (χ1) is 26.7. The van der Waals surface area contributed by atoms with Gasteiger partial charge in [-0.3, -0.25) is 0 Å². The average molecular weight is 733 g/mol. The lowest BCUT2D eigenvalue weighted by molar-refractivity contribution is -0.167. The number of rotatable bonds is 6. The molecule has 0 fully saturated rings. The van der Waals surface area contributed by atoms with Gasteiger partial charge in [-0.1, -0.05) is 114 Å². The lowest BCUT2D eigenvalue weighted by atomic mass is 10.1. The summed E-state index contributed by atoms with van der Waals surface area (Å²) in [6.07, 6.45) is -1.53. The summed E-state index contributed by atoms with van der Waals surface area (Å²) in [6, 6.07) is 45.3. The van der Waals surface area contributed by atoms with Gasteiger partial charge in [-0.15, -0.1) is 0 Å². The molecule has 1 N–H and O–H groups in total. The Hall–Kier alpha value is -5.77. The average Bonchev–Trinajstić information content (AvgIpc) is 3.79. The van der Waals surface area contributed by atoms with Crippen LogP contribution in [-0.2, 0) is 32.2 Å². The van der Waals surface area contributed by atoms with Gasteiger partial charge in [-0.2, -0.15) is 0 Å². The minimum absolute atomic E-state index is 0.0425. The third-order valence-electron chi connectivity index (χ3n) is 9.49. The quantitative estimate of drug-likeness (QED) is 0.169. The monoisotopic (exact) mass is 732 g/mol. The number of ether oxygens (including phenoxy) is 4. The topological polar surface area (TPSA) is 100 Å². The van der Waals surface area contributed by atoms with Crippen LogP contribution in [0.25, 0.3) is 21.8 Å². The largest absolute Gasteiger partial charge is 0.426 e. The molecular formula is C47H44N2O6. The smallest absolute Gasteiger partial charge is 0.340 e. The molecule has 5 aromatic carbocycles. The Labute approximate surface area is 321 Å². The molecule has 2 aliphatic heterocycles. The molecule has 55 heavy (non-hydrogen) atoms. The van der Waals surface area contributed by atoms with Crippen molar-refractivity contribution in [3.05, 3.63) is 190 Å². The molecule has 8 nitrogen and oxygen atoms in total. The van der Waals surface area contributed by atoms with Gasteiger partial charge in [0.1, 0.15) is 11.4 Å². The molecule has 2 aromatic heterocycles. The summed E-state index contributed by atoms with van der Waals surface area (Å²) in [6.45, 7) is 8.89. The Bertz CT molecular complexity index is 2410. The number of carbonyl (C=O) groups excluding carboxylic acids is 1. The lowest BCUT2D eigenvalue weighted by Crippen LogP contribution is -2.11. The van der Waals surface area contributed by atoms with Crippen LogP contribution in [0, 0.1) is 13.8 Å². The zero-order valence-corrected chi connectivity index (χ0v) is 31.4. The van der Waals surface area contributed by atoms with Crippen LogP contribution in [-0.4, -0.2) is 21.0 Å². The van der Waals surface area contributed by atoms with Crippen LogP contribution in [0.4, 0.5) is 0 Å². The molecule has 0 amide bonds. The Morgan fingerprint density at radius 1 is 0.636 bits per heavy atom. The highest BCUT2D eigenvalue weighted by molar-refractivity contribution is 5.89. The van der Waals surface area contributed by atoms with E-state index in [0.717, 1.165) is 49.8 Å². The van der Waals surface area contributed by atoms with Gasteiger partial charge in [0.2, 0.25) is 12.6 Å². The summed E-state index contributed by atoms with van der Waals surface area (Å²) in [4.78, 5) is 21.5. The van der Waals surface area contributed by atoms with Gasteiger partial charge in [0.25, 0.3) is 0 Å². The molecule has 7 aromatic rings. The summed E-state index contributed by atoms with van der Waals surface area (Å²) in [5.74, 6) is -0.409. The Morgan fingerprint density at radius 2 is 1.15 bits per heavy atom. The number of aliphatic hydroxyl groups excluding tert-OH is 1. The molecule has 2 aliphatic rings. The number of hydrogen-bond acceptors (Lipinski definition) is 8. The van der Waals surface area contributed by atoms with Crippen molar-refractivity contribution in [2.75, 3.05) is 0 Å². The molecular weight excluding hydrogens is 689 g/mol. The SMILES string of the molecule is Cc1cccc(C(C)O)c1.Cc1cccc(C(C)OC2OCc3cc4ccccc4nc32)c1.O=C(OC1OCc2cc3ccccc3nc21)c1ccccc1. The Balaban J connectivity index is 0.000000137. The second-order valence-electron chi connectivity index (χ2n) is 13.8. The van der Waals surface area contributed by atoms with E-state index < -0.39 is 18.5 Å². The first kappa shape index (κ1) is 37.5. The molecule has 0 aliphatic carbocycles. The van der Waals surface area contributed by atoms with E-state index in [4.69, 9.17) is 29.0 Å². The number of esters is 1. The first-order valence-corrected chi connectivity index (χ1v) is 18.4. The fourth-order valence-corrected chi connectivity index (χ4v) is 6.53. The highest BCUT2D eigenvalue weighted by Gasteiger charge is 2.30. The van der Waals surface area contributed by atoms with Crippen molar-refractivity contribution in [1.82, 2.24) is 9.97 Å². The first-order valence-electron chi connectivity index (χ1n) is 18.4. The fourth-order valence-electron chi connectivity index (χ4n) is 6.53. The van der Waals surface area contributed by atoms with E-state index in [2.05, 4.69) is 55.2 Å². The number of carbonyl (C=O) groups is 1. The van der Waals surface area contributed by atoms with E-state index in [-0.39, 0.29) is 12.2 Å². The van der Waals surface area contributed by atoms with Crippen molar-refractivity contribution >= 4 is 27.8 Å². The minimum Gasteiger partial charge on any atom is -0.426 e. The van der Waals surface area contributed by atoms with Crippen molar-refractivity contribution in [2.24, 2.45) is 0 Å². The number of hydrogen-bond donors (Lipinski definition) is 1. The van der Waals surface area contributed by atoms with Crippen molar-refractivity contribution in [2.45, 2.75) is 65.7 Å². The molecule has 8 heteroatoms. The highest BCUT2D eigenvalue weighted by atomic mass is 16.7. The predicted molar refractivity (Wildman–Crippen MR) is 213 cm³/mol. The van der Waals surface area contributed by atoms with Crippen LogP contribution in [0.15, 0.2) is 140 Å². The summed E-state index contributed by atoms with van der Waals surface area (Å²) >= 11 is 0. The van der Waals surface area contributed by atoms with Gasteiger partial charge in [0.15, 0.2) is 0 Å². The number of pyridine rings is 2. The van der Waals surface area contributed by atoms with Crippen LogP contribution in [0.3, 0.4) is 0 Å². The van der Waals surface area contributed by atoms with E-state index in [9.17, 15) is 4.79 Å². The van der Waals surface area contributed by atoms with Gasteiger partial charge >= 0.3 is 5.97 Å². The predicted octanol–water partition coefficient (Wildman–Crippen LogP) is 10.5. The normalized spacial score (nSPS) is 16.5. The Kier molecular flexibility index (Phi) is 11.7.